The van der Waals surface area contributed by atoms with Crippen molar-refractivity contribution in [1.82, 2.24) is 10.5 Å². The summed E-state index contributed by atoms with van der Waals surface area (Å²) in [5, 5.41) is 15.0. The summed E-state index contributed by atoms with van der Waals surface area (Å²) in [6.45, 7) is 4.26. The van der Waals surface area contributed by atoms with Crippen molar-refractivity contribution >= 4 is 11.9 Å². The molecule has 106 valence electrons. The molecule has 0 radical (unpaired) electrons. The van der Waals surface area contributed by atoms with Crippen LogP contribution in [0, 0.1) is 12.8 Å². The minimum Gasteiger partial charge on any atom is -0.481 e. The first-order valence-electron chi connectivity index (χ1n) is 6.46. The Balaban J connectivity index is 2.28. The molecule has 1 amide bonds. The fourth-order valence-electron chi connectivity index (χ4n) is 1.83. The largest absolute Gasteiger partial charge is 0.481 e. The van der Waals surface area contributed by atoms with Crippen molar-refractivity contribution in [2.45, 2.75) is 39.5 Å². The summed E-state index contributed by atoms with van der Waals surface area (Å²) in [6, 6.07) is 1.58. The third kappa shape index (κ3) is 5.54. The number of amides is 1. The Hall–Kier alpha value is -1.85. The van der Waals surface area contributed by atoms with E-state index in [9.17, 15) is 9.59 Å². The van der Waals surface area contributed by atoms with Gasteiger partial charge in [0.25, 0.3) is 5.91 Å². The van der Waals surface area contributed by atoms with Gasteiger partial charge in [-0.25, -0.2) is 0 Å². The summed E-state index contributed by atoms with van der Waals surface area (Å²) < 4.78 is 4.82. The highest BCUT2D eigenvalue weighted by atomic mass is 16.5. The molecule has 0 saturated heterocycles. The molecule has 1 aromatic rings. The summed E-state index contributed by atoms with van der Waals surface area (Å²) in [6.07, 6.45) is 2.50. The second-order valence-electron chi connectivity index (χ2n) is 4.57. The predicted octanol–water partition coefficient (Wildman–Crippen LogP) is 1.99. The second kappa shape index (κ2) is 7.56. The monoisotopic (exact) mass is 268 g/mol. The van der Waals surface area contributed by atoms with Crippen LogP contribution in [-0.2, 0) is 4.79 Å². The van der Waals surface area contributed by atoms with Gasteiger partial charge in [0.15, 0.2) is 5.69 Å². The molecule has 19 heavy (non-hydrogen) atoms. The van der Waals surface area contributed by atoms with Crippen molar-refractivity contribution in [3.05, 3.63) is 17.5 Å². The molecular weight excluding hydrogens is 248 g/mol. The van der Waals surface area contributed by atoms with Gasteiger partial charge in [0, 0.05) is 19.0 Å². The van der Waals surface area contributed by atoms with Crippen LogP contribution in [0.4, 0.5) is 0 Å². The van der Waals surface area contributed by atoms with Crippen molar-refractivity contribution in [3.8, 4) is 0 Å². The first-order chi connectivity index (χ1) is 9.02. The van der Waals surface area contributed by atoms with Crippen molar-refractivity contribution in [2.75, 3.05) is 6.54 Å². The van der Waals surface area contributed by atoms with Crippen LogP contribution >= 0.6 is 0 Å². The highest BCUT2D eigenvalue weighted by Crippen LogP contribution is 2.14. The van der Waals surface area contributed by atoms with Crippen LogP contribution in [-0.4, -0.2) is 28.7 Å². The van der Waals surface area contributed by atoms with E-state index in [1.807, 2.05) is 6.92 Å². The number of rotatable bonds is 8. The highest BCUT2D eigenvalue weighted by Gasteiger charge is 2.12. The van der Waals surface area contributed by atoms with Gasteiger partial charge in [0.2, 0.25) is 0 Å². The fourth-order valence-corrected chi connectivity index (χ4v) is 1.83. The smallest absolute Gasteiger partial charge is 0.303 e. The van der Waals surface area contributed by atoms with Crippen molar-refractivity contribution in [1.29, 1.82) is 0 Å². The number of aliphatic carboxylic acids is 1. The Morgan fingerprint density at radius 3 is 2.74 bits per heavy atom. The molecule has 1 heterocycles. The van der Waals surface area contributed by atoms with Gasteiger partial charge in [-0.1, -0.05) is 18.5 Å². The maximum atomic E-state index is 11.7. The lowest BCUT2D eigenvalue weighted by Gasteiger charge is -2.13. The van der Waals surface area contributed by atoms with E-state index >= 15 is 0 Å². The van der Waals surface area contributed by atoms with Gasteiger partial charge in [-0.2, -0.15) is 0 Å². The molecule has 0 spiro atoms. The number of nitrogens with zero attached hydrogens (tertiary/aromatic N) is 1. The molecule has 2 N–H and O–H groups in total. The van der Waals surface area contributed by atoms with Crippen LogP contribution in [0.1, 0.15) is 48.9 Å². The van der Waals surface area contributed by atoms with Gasteiger partial charge in [0.05, 0.1) is 0 Å². The number of carbonyl (C=O) groups is 2. The molecule has 0 aromatic carbocycles. The van der Waals surface area contributed by atoms with Gasteiger partial charge in [0.1, 0.15) is 5.76 Å². The van der Waals surface area contributed by atoms with Gasteiger partial charge in [-0.15, -0.1) is 0 Å². The number of carboxylic acid groups (broad SMARTS) is 1. The van der Waals surface area contributed by atoms with E-state index in [4.69, 9.17) is 9.63 Å². The number of nitrogens with one attached hydrogen (secondary N) is 1. The van der Waals surface area contributed by atoms with Crippen molar-refractivity contribution < 1.29 is 19.2 Å². The molecule has 6 nitrogen and oxygen atoms in total. The standard InChI is InChI=1S/C13H20N2O4/c1-3-10(4-5-12(16)17)6-7-14-13(18)11-8-9(2)19-15-11/h8,10H,3-7H2,1-2H3,(H,14,18)(H,16,17). The Labute approximate surface area is 112 Å². The summed E-state index contributed by atoms with van der Waals surface area (Å²) in [4.78, 5) is 22.2. The molecule has 0 fully saturated rings. The summed E-state index contributed by atoms with van der Waals surface area (Å²) in [5.41, 5.74) is 0.274. The summed E-state index contributed by atoms with van der Waals surface area (Å²) in [7, 11) is 0. The third-order valence-electron chi connectivity index (χ3n) is 3.04. The van der Waals surface area contributed by atoms with Crippen molar-refractivity contribution in [3.63, 3.8) is 0 Å². The minimum absolute atomic E-state index is 0.176. The molecule has 1 atom stereocenters. The first-order valence-corrected chi connectivity index (χ1v) is 6.46. The minimum atomic E-state index is -0.777. The van der Waals surface area contributed by atoms with Gasteiger partial charge >= 0.3 is 5.97 Å². The maximum Gasteiger partial charge on any atom is 0.303 e. The average molecular weight is 268 g/mol. The number of carboxylic acids is 1. The third-order valence-corrected chi connectivity index (χ3v) is 3.04. The van der Waals surface area contributed by atoms with Crippen LogP contribution in [0.25, 0.3) is 0 Å². The predicted molar refractivity (Wildman–Crippen MR) is 68.8 cm³/mol. The Morgan fingerprint density at radius 1 is 1.47 bits per heavy atom. The molecule has 1 rings (SSSR count). The lowest BCUT2D eigenvalue weighted by Crippen LogP contribution is -2.26. The zero-order chi connectivity index (χ0) is 14.3. The Morgan fingerprint density at radius 2 is 2.21 bits per heavy atom. The van der Waals surface area contributed by atoms with E-state index in [1.165, 1.54) is 0 Å². The van der Waals surface area contributed by atoms with E-state index in [-0.39, 0.29) is 18.0 Å². The van der Waals surface area contributed by atoms with E-state index in [2.05, 4.69) is 10.5 Å². The number of aryl methyl sites for hydroxylation is 1. The zero-order valence-electron chi connectivity index (χ0n) is 11.3. The summed E-state index contributed by atoms with van der Waals surface area (Å²) >= 11 is 0. The van der Waals surface area contributed by atoms with Crippen molar-refractivity contribution in [2.24, 2.45) is 5.92 Å². The Bertz CT molecular complexity index is 428. The molecule has 0 bridgehead atoms. The second-order valence-corrected chi connectivity index (χ2v) is 4.57. The lowest BCUT2D eigenvalue weighted by molar-refractivity contribution is -0.137. The van der Waals surface area contributed by atoms with Gasteiger partial charge < -0.3 is 14.9 Å². The normalized spacial score (nSPS) is 12.1. The van der Waals surface area contributed by atoms with Gasteiger partial charge in [-0.3, -0.25) is 9.59 Å². The van der Waals surface area contributed by atoms with Crippen LogP contribution in [0.5, 0.6) is 0 Å². The number of carbonyl (C=O) groups excluding carboxylic acids is 1. The van der Waals surface area contributed by atoms with Gasteiger partial charge in [-0.05, 0) is 25.7 Å². The molecule has 0 saturated carbocycles. The number of aromatic nitrogens is 1. The lowest BCUT2D eigenvalue weighted by atomic mass is 9.96. The molecule has 0 aliphatic carbocycles. The molecular formula is C13H20N2O4. The quantitative estimate of drug-likeness (QED) is 0.752. The highest BCUT2D eigenvalue weighted by molar-refractivity contribution is 5.92. The van der Waals surface area contributed by atoms with E-state index in [0.29, 0.717) is 24.6 Å². The van der Waals surface area contributed by atoms with Crippen LogP contribution in [0.3, 0.4) is 0 Å². The molecule has 6 heteroatoms. The maximum absolute atomic E-state index is 11.7. The van der Waals surface area contributed by atoms with Crippen LogP contribution in [0.2, 0.25) is 0 Å². The SMILES string of the molecule is CCC(CCNC(=O)c1cc(C)on1)CCC(=O)O. The zero-order valence-corrected chi connectivity index (χ0v) is 11.3. The Kier molecular flexibility index (Phi) is 6.05. The fraction of sp³-hybridized carbons (Fsp3) is 0.615. The van der Waals surface area contributed by atoms with E-state index in [1.54, 1.807) is 13.0 Å². The van der Waals surface area contributed by atoms with E-state index in [0.717, 1.165) is 12.8 Å². The molecule has 1 aromatic heterocycles. The van der Waals surface area contributed by atoms with Crippen LogP contribution < -0.4 is 5.32 Å². The number of hydrogen-bond acceptors (Lipinski definition) is 4. The molecule has 0 aliphatic rings. The molecule has 1 unspecified atom stereocenters. The average Bonchev–Trinajstić information content (AvgIpc) is 2.79. The molecule has 0 aliphatic heterocycles. The first kappa shape index (κ1) is 15.2. The summed E-state index contributed by atoms with van der Waals surface area (Å²) in [5.74, 6) is -0.126. The van der Waals surface area contributed by atoms with E-state index < -0.39 is 5.97 Å². The van der Waals surface area contributed by atoms with Crippen LogP contribution in [0.15, 0.2) is 10.6 Å². The number of hydrogen-bond donors (Lipinski definition) is 2. The topological polar surface area (TPSA) is 92.4 Å².